The van der Waals surface area contributed by atoms with Gasteiger partial charge in [-0.15, -0.1) is 0 Å². The molecule has 0 fully saturated rings. The Balaban J connectivity index is 3.20. The molecule has 0 amide bonds. The third-order valence-electron chi connectivity index (χ3n) is 2.04. The molecule has 0 saturated heterocycles. The zero-order valence-corrected chi connectivity index (χ0v) is 11.4. The fraction of sp³-hybridized carbons (Fsp3) is 0.900. The highest BCUT2D eigenvalue weighted by Gasteiger charge is 2.19. The Kier molecular flexibility index (Phi) is 8.37. The summed E-state index contributed by atoms with van der Waals surface area (Å²) in [7, 11) is 0. The molecule has 0 atom stereocenters. The van der Waals surface area contributed by atoms with Crippen molar-refractivity contribution in [3.8, 4) is 0 Å². The molecule has 0 saturated carbocycles. The van der Waals surface area contributed by atoms with Gasteiger partial charge >= 0.3 is 0 Å². The third kappa shape index (κ3) is 8.95. The highest BCUT2D eigenvalue weighted by atomic mass is 79.9. The Hall–Kier alpha value is 0.630. The summed E-state index contributed by atoms with van der Waals surface area (Å²) >= 11 is 6.62. The first kappa shape index (κ1) is 13.6. The molecule has 1 nitrogen and oxygen atoms in total. The van der Waals surface area contributed by atoms with Crippen molar-refractivity contribution < 1.29 is 4.79 Å². The zero-order valence-electron chi connectivity index (χ0n) is 8.19. The molecule has 0 aromatic rings. The molecule has 0 heterocycles. The van der Waals surface area contributed by atoms with Gasteiger partial charge < -0.3 is 4.79 Å². The molecule has 13 heavy (non-hydrogen) atoms. The average Bonchev–Trinajstić information content (AvgIpc) is 2.11. The molecule has 0 radical (unpaired) electrons. The predicted octanol–water partition coefficient (Wildman–Crippen LogP) is 4.42. The van der Waals surface area contributed by atoms with E-state index < -0.39 is 3.23 Å². The Morgan fingerprint density at radius 3 is 2.15 bits per heavy atom. The van der Waals surface area contributed by atoms with Crippen LogP contribution in [0.4, 0.5) is 0 Å². The molecule has 0 bridgehead atoms. The molecule has 78 valence electrons. The fourth-order valence-electron chi connectivity index (χ4n) is 1.20. The number of carbonyl (C=O) groups is 1. The van der Waals surface area contributed by atoms with Gasteiger partial charge in [0.15, 0.2) is 0 Å². The topological polar surface area (TPSA) is 17.1 Å². The van der Waals surface area contributed by atoms with Crippen molar-refractivity contribution in [1.82, 2.24) is 0 Å². The maximum Gasteiger partial charge on any atom is 0.147 e. The highest BCUT2D eigenvalue weighted by molar-refractivity contribution is 9.25. The lowest BCUT2D eigenvalue weighted by Gasteiger charge is -2.11. The van der Waals surface area contributed by atoms with Crippen LogP contribution in [0.3, 0.4) is 0 Å². The Morgan fingerprint density at radius 1 is 1.08 bits per heavy atom. The molecular weight excluding hydrogens is 296 g/mol. The van der Waals surface area contributed by atoms with Gasteiger partial charge in [-0.25, -0.2) is 0 Å². The quantitative estimate of drug-likeness (QED) is 0.368. The van der Waals surface area contributed by atoms with Gasteiger partial charge in [0.1, 0.15) is 9.52 Å². The average molecular weight is 314 g/mol. The van der Waals surface area contributed by atoms with E-state index in [0.717, 1.165) is 19.1 Å². The van der Waals surface area contributed by atoms with E-state index in [2.05, 4.69) is 38.8 Å². The van der Waals surface area contributed by atoms with Gasteiger partial charge in [0.05, 0.1) is 0 Å². The number of alkyl halides is 2. The van der Waals surface area contributed by atoms with Gasteiger partial charge in [0, 0.05) is 0 Å². The molecule has 0 aliphatic heterocycles. The van der Waals surface area contributed by atoms with Crippen molar-refractivity contribution in [3.63, 3.8) is 0 Å². The van der Waals surface area contributed by atoms with E-state index in [1.54, 1.807) is 0 Å². The van der Waals surface area contributed by atoms with Crippen molar-refractivity contribution >= 4 is 38.1 Å². The van der Waals surface area contributed by atoms with Gasteiger partial charge in [-0.2, -0.15) is 0 Å². The highest BCUT2D eigenvalue weighted by Crippen LogP contribution is 2.29. The first-order chi connectivity index (χ1) is 6.12. The van der Waals surface area contributed by atoms with Crippen LogP contribution in [0.2, 0.25) is 0 Å². The maximum absolute atomic E-state index is 10.5. The molecule has 0 aliphatic carbocycles. The van der Waals surface area contributed by atoms with Gasteiger partial charge in [-0.3, -0.25) is 0 Å². The lowest BCUT2D eigenvalue weighted by Crippen LogP contribution is -2.11. The largest absolute Gasteiger partial charge is 0.301 e. The minimum Gasteiger partial charge on any atom is -0.301 e. The lowest BCUT2D eigenvalue weighted by molar-refractivity contribution is -0.107. The van der Waals surface area contributed by atoms with E-state index in [4.69, 9.17) is 0 Å². The van der Waals surface area contributed by atoms with Gasteiger partial charge in [0.2, 0.25) is 0 Å². The smallest absolute Gasteiger partial charge is 0.147 e. The summed E-state index contributed by atoms with van der Waals surface area (Å²) in [4.78, 5) is 10.5. The SMILES string of the molecule is CCCCCCCCC(Br)(Br)C=O. The first-order valence-corrected chi connectivity index (χ1v) is 6.55. The summed E-state index contributed by atoms with van der Waals surface area (Å²) in [5.41, 5.74) is 0. The second-order valence-electron chi connectivity index (χ2n) is 3.40. The van der Waals surface area contributed by atoms with Gasteiger partial charge in [-0.05, 0) is 6.42 Å². The zero-order chi connectivity index (χ0) is 10.2. The number of rotatable bonds is 8. The predicted molar refractivity (Wildman–Crippen MR) is 64.6 cm³/mol. The van der Waals surface area contributed by atoms with Crippen molar-refractivity contribution in [1.29, 1.82) is 0 Å². The number of hydrogen-bond donors (Lipinski definition) is 0. The normalized spacial score (nSPS) is 11.6. The molecule has 0 spiro atoms. The van der Waals surface area contributed by atoms with E-state index >= 15 is 0 Å². The molecule has 3 heteroatoms. The Bertz CT molecular complexity index is 135. The number of halogens is 2. The standard InChI is InChI=1S/C10H18Br2O/c1-2-3-4-5-6-7-8-10(11,12)9-13/h9H,2-8H2,1H3. The van der Waals surface area contributed by atoms with E-state index in [-0.39, 0.29) is 0 Å². The van der Waals surface area contributed by atoms with Crippen LogP contribution in [0.5, 0.6) is 0 Å². The van der Waals surface area contributed by atoms with Crippen molar-refractivity contribution in [2.75, 3.05) is 0 Å². The molecule has 0 rings (SSSR count). The number of hydrogen-bond acceptors (Lipinski definition) is 1. The summed E-state index contributed by atoms with van der Waals surface area (Å²) < 4.78 is -0.468. The Labute approximate surface area is 97.9 Å². The molecular formula is C10H18Br2O. The van der Waals surface area contributed by atoms with Crippen LogP contribution in [-0.2, 0) is 4.79 Å². The maximum atomic E-state index is 10.5. The fourth-order valence-corrected chi connectivity index (χ4v) is 1.76. The summed E-state index contributed by atoms with van der Waals surface area (Å²) in [6.45, 7) is 2.22. The summed E-state index contributed by atoms with van der Waals surface area (Å²) in [6, 6.07) is 0. The number of carbonyl (C=O) groups excluding carboxylic acids is 1. The van der Waals surface area contributed by atoms with E-state index in [1.807, 2.05) is 0 Å². The number of unbranched alkanes of at least 4 members (excludes halogenated alkanes) is 5. The van der Waals surface area contributed by atoms with Crippen molar-refractivity contribution in [2.24, 2.45) is 0 Å². The molecule has 0 unspecified atom stereocenters. The van der Waals surface area contributed by atoms with Crippen LogP contribution in [0.15, 0.2) is 0 Å². The second kappa shape index (κ2) is 7.98. The van der Waals surface area contributed by atoms with E-state index in [1.165, 1.54) is 32.1 Å². The van der Waals surface area contributed by atoms with Crippen LogP contribution >= 0.6 is 31.9 Å². The van der Waals surface area contributed by atoms with Crippen molar-refractivity contribution in [3.05, 3.63) is 0 Å². The van der Waals surface area contributed by atoms with Crippen LogP contribution in [0, 0.1) is 0 Å². The second-order valence-corrected chi connectivity index (χ2v) is 7.29. The molecule has 0 aromatic heterocycles. The van der Waals surface area contributed by atoms with E-state index in [9.17, 15) is 4.79 Å². The summed E-state index contributed by atoms with van der Waals surface area (Å²) in [6.07, 6.45) is 9.38. The molecule has 0 aromatic carbocycles. The van der Waals surface area contributed by atoms with E-state index in [0.29, 0.717) is 0 Å². The van der Waals surface area contributed by atoms with Crippen LogP contribution in [-0.4, -0.2) is 9.52 Å². The minimum absolute atomic E-state index is 0.468. The first-order valence-electron chi connectivity index (χ1n) is 4.96. The van der Waals surface area contributed by atoms with Crippen molar-refractivity contribution in [2.45, 2.75) is 55.1 Å². The summed E-state index contributed by atoms with van der Waals surface area (Å²) in [5, 5.41) is 0. The van der Waals surface area contributed by atoms with Crippen LogP contribution in [0.25, 0.3) is 0 Å². The van der Waals surface area contributed by atoms with Crippen LogP contribution < -0.4 is 0 Å². The van der Waals surface area contributed by atoms with Gasteiger partial charge in [-0.1, -0.05) is 77.3 Å². The van der Waals surface area contributed by atoms with Gasteiger partial charge in [0.25, 0.3) is 0 Å². The lowest BCUT2D eigenvalue weighted by atomic mass is 10.1. The molecule has 0 aliphatic rings. The Morgan fingerprint density at radius 2 is 1.62 bits per heavy atom. The molecule has 0 N–H and O–H groups in total. The monoisotopic (exact) mass is 312 g/mol. The third-order valence-corrected chi connectivity index (χ3v) is 3.20. The minimum atomic E-state index is -0.468. The number of aldehydes is 1. The summed E-state index contributed by atoms with van der Waals surface area (Å²) in [5.74, 6) is 0. The van der Waals surface area contributed by atoms with Crippen LogP contribution in [0.1, 0.15) is 51.9 Å².